The first-order valence-corrected chi connectivity index (χ1v) is 8.67. The summed E-state index contributed by atoms with van der Waals surface area (Å²) in [7, 11) is 1.37. The Hall–Kier alpha value is -2.64. The van der Waals surface area contributed by atoms with Crippen molar-refractivity contribution >= 4 is 23.6 Å². The molecule has 0 radical (unpaired) electrons. The highest BCUT2D eigenvalue weighted by Crippen LogP contribution is 2.23. The molecular formula is C18H22FN3O4. The van der Waals surface area contributed by atoms with Crippen molar-refractivity contribution in [1.29, 1.82) is 0 Å². The number of hydrogen-bond acceptors (Lipinski definition) is 4. The number of carbonyl (C=O) groups excluding carboxylic acids is 3. The molecule has 2 fully saturated rings. The fourth-order valence-electron chi connectivity index (χ4n) is 3.43. The minimum absolute atomic E-state index is 0.105. The molecule has 2 aliphatic rings. The number of methoxy groups -OCH3 is 1. The molecule has 0 bridgehead atoms. The Morgan fingerprint density at radius 2 is 1.85 bits per heavy atom. The van der Waals surface area contributed by atoms with E-state index in [4.69, 9.17) is 4.74 Å². The summed E-state index contributed by atoms with van der Waals surface area (Å²) in [6.45, 7) is 1.32. The van der Waals surface area contributed by atoms with Crippen LogP contribution in [0.15, 0.2) is 24.3 Å². The van der Waals surface area contributed by atoms with E-state index in [2.05, 4.69) is 5.32 Å². The van der Waals surface area contributed by atoms with E-state index < -0.39 is 0 Å². The van der Waals surface area contributed by atoms with Gasteiger partial charge in [0.1, 0.15) is 5.82 Å². The number of piperidine rings is 1. The highest BCUT2D eigenvalue weighted by Gasteiger charge is 2.34. The van der Waals surface area contributed by atoms with E-state index in [9.17, 15) is 18.8 Å². The minimum atomic E-state index is -0.361. The van der Waals surface area contributed by atoms with Gasteiger partial charge in [-0.1, -0.05) is 0 Å². The summed E-state index contributed by atoms with van der Waals surface area (Å²) in [6, 6.07) is 5.19. The number of esters is 1. The number of nitrogens with one attached hydrogen (secondary N) is 1. The number of ether oxygens (including phenoxy) is 1. The van der Waals surface area contributed by atoms with E-state index in [0.29, 0.717) is 38.2 Å². The number of hydrogen-bond donors (Lipinski definition) is 1. The van der Waals surface area contributed by atoms with Crippen LogP contribution in [-0.4, -0.2) is 55.6 Å². The van der Waals surface area contributed by atoms with Crippen molar-refractivity contribution in [1.82, 2.24) is 10.2 Å². The van der Waals surface area contributed by atoms with E-state index in [-0.39, 0.29) is 42.1 Å². The SMILES string of the molecule is COC(=O)C1CCN(C(=O)N[C@H]2CC(=O)N(c3ccc(F)cc3)C2)CC1. The molecule has 2 aliphatic heterocycles. The van der Waals surface area contributed by atoms with E-state index in [1.54, 1.807) is 21.9 Å². The molecule has 3 rings (SSSR count). The van der Waals surface area contributed by atoms with E-state index in [1.165, 1.54) is 19.2 Å². The maximum Gasteiger partial charge on any atom is 0.317 e. The monoisotopic (exact) mass is 363 g/mol. The van der Waals surface area contributed by atoms with Crippen molar-refractivity contribution < 1.29 is 23.5 Å². The second kappa shape index (κ2) is 7.72. The fraction of sp³-hybridized carbons (Fsp3) is 0.500. The van der Waals surface area contributed by atoms with Crippen LogP contribution in [0.5, 0.6) is 0 Å². The van der Waals surface area contributed by atoms with Crippen LogP contribution in [0.4, 0.5) is 14.9 Å². The zero-order valence-electron chi connectivity index (χ0n) is 14.6. The van der Waals surface area contributed by atoms with E-state index in [1.807, 2.05) is 0 Å². The molecular weight excluding hydrogens is 341 g/mol. The first kappa shape index (κ1) is 18.2. The topological polar surface area (TPSA) is 79.0 Å². The molecule has 1 atom stereocenters. The average Bonchev–Trinajstić information content (AvgIpc) is 3.02. The van der Waals surface area contributed by atoms with Crippen molar-refractivity contribution in [2.45, 2.75) is 25.3 Å². The Balaban J connectivity index is 1.52. The molecule has 1 aromatic carbocycles. The molecule has 0 unspecified atom stereocenters. The van der Waals surface area contributed by atoms with Crippen molar-refractivity contribution in [3.63, 3.8) is 0 Å². The number of urea groups is 1. The van der Waals surface area contributed by atoms with E-state index in [0.717, 1.165) is 0 Å². The third-order valence-corrected chi connectivity index (χ3v) is 4.91. The third kappa shape index (κ3) is 3.95. The number of rotatable bonds is 3. The first-order valence-electron chi connectivity index (χ1n) is 8.67. The summed E-state index contributed by atoms with van der Waals surface area (Å²) in [5, 5.41) is 2.88. The van der Waals surface area contributed by atoms with Gasteiger partial charge >= 0.3 is 12.0 Å². The zero-order valence-corrected chi connectivity index (χ0v) is 14.6. The maximum atomic E-state index is 13.0. The number of likely N-dealkylation sites (tertiary alicyclic amines) is 1. The van der Waals surface area contributed by atoms with Crippen LogP contribution in [0.25, 0.3) is 0 Å². The lowest BCUT2D eigenvalue weighted by Gasteiger charge is -2.31. The van der Waals surface area contributed by atoms with Crippen LogP contribution in [0.1, 0.15) is 19.3 Å². The van der Waals surface area contributed by atoms with Crippen LogP contribution in [0, 0.1) is 11.7 Å². The van der Waals surface area contributed by atoms with Crippen molar-refractivity contribution in [2.75, 3.05) is 31.6 Å². The molecule has 1 N–H and O–H groups in total. The lowest BCUT2D eigenvalue weighted by atomic mass is 9.97. The molecule has 1 aromatic rings. The maximum absolute atomic E-state index is 13.0. The van der Waals surface area contributed by atoms with Gasteiger partial charge in [-0.3, -0.25) is 9.59 Å². The molecule has 140 valence electrons. The number of halogens is 1. The largest absolute Gasteiger partial charge is 0.469 e. The summed E-state index contributed by atoms with van der Waals surface area (Å²) in [6.07, 6.45) is 1.36. The van der Waals surface area contributed by atoms with Gasteiger partial charge in [0, 0.05) is 31.7 Å². The number of amides is 3. The normalized spacial score (nSPS) is 21.0. The number of carbonyl (C=O) groups is 3. The predicted molar refractivity (Wildman–Crippen MR) is 92.0 cm³/mol. The first-order chi connectivity index (χ1) is 12.5. The van der Waals surface area contributed by atoms with Gasteiger partial charge in [0.2, 0.25) is 5.91 Å². The second-order valence-corrected chi connectivity index (χ2v) is 6.62. The van der Waals surface area contributed by atoms with Crippen molar-refractivity contribution in [2.24, 2.45) is 5.92 Å². The van der Waals surface area contributed by atoms with Gasteiger partial charge in [-0.25, -0.2) is 9.18 Å². The minimum Gasteiger partial charge on any atom is -0.469 e. The van der Waals surface area contributed by atoms with Crippen LogP contribution in [-0.2, 0) is 14.3 Å². The summed E-state index contributed by atoms with van der Waals surface area (Å²) < 4.78 is 17.8. The van der Waals surface area contributed by atoms with Gasteiger partial charge in [0.25, 0.3) is 0 Å². The number of anilines is 1. The molecule has 7 nitrogen and oxygen atoms in total. The predicted octanol–water partition coefficient (Wildman–Crippen LogP) is 1.53. The van der Waals surface area contributed by atoms with Gasteiger partial charge in [0.05, 0.1) is 19.1 Å². The van der Waals surface area contributed by atoms with Crippen LogP contribution >= 0.6 is 0 Å². The van der Waals surface area contributed by atoms with Gasteiger partial charge in [-0.2, -0.15) is 0 Å². The molecule has 8 heteroatoms. The summed E-state index contributed by atoms with van der Waals surface area (Å²) in [4.78, 5) is 39.4. The Kier molecular flexibility index (Phi) is 5.39. The Morgan fingerprint density at radius 1 is 1.19 bits per heavy atom. The molecule has 2 saturated heterocycles. The van der Waals surface area contributed by atoms with Crippen molar-refractivity contribution in [3.05, 3.63) is 30.1 Å². The van der Waals surface area contributed by atoms with Gasteiger partial charge < -0.3 is 19.9 Å². The summed E-state index contributed by atoms with van der Waals surface area (Å²) >= 11 is 0. The molecule has 3 amide bonds. The highest BCUT2D eigenvalue weighted by molar-refractivity contribution is 5.96. The zero-order chi connectivity index (χ0) is 18.7. The highest BCUT2D eigenvalue weighted by atomic mass is 19.1. The Bertz CT molecular complexity index is 686. The van der Waals surface area contributed by atoms with Crippen LogP contribution in [0.2, 0.25) is 0 Å². The van der Waals surface area contributed by atoms with Crippen LogP contribution in [0.3, 0.4) is 0 Å². The molecule has 26 heavy (non-hydrogen) atoms. The Labute approximate surface area is 151 Å². The van der Waals surface area contributed by atoms with E-state index >= 15 is 0 Å². The second-order valence-electron chi connectivity index (χ2n) is 6.62. The molecule has 0 spiro atoms. The third-order valence-electron chi connectivity index (χ3n) is 4.91. The molecule has 0 aliphatic carbocycles. The van der Waals surface area contributed by atoms with Gasteiger partial charge in [-0.15, -0.1) is 0 Å². The van der Waals surface area contributed by atoms with Crippen molar-refractivity contribution in [3.8, 4) is 0 Å². The quantitative estimate of drug-likeness (QED) is 0.826. The lowest BCUT2D eigenvalue weighted by molar-refractivity contribution is -0.146. The van der Waals surface area contributed by atoms with Gasteiger partial charge in [0.15, 0.2) is 0 Å². The number of benzene rings is 1. The Morgan fingerprint density at radius 3 is 2.46 bits per heavy atom. The molecule has 0 aromatic heterocycles. The fourth-order valence-corrected chi connectivity index (χ4v) is 3.43. The summed E-state index contributed by atoms with van der Waals surface area (Å²) in [5.41, 5.74) is 0.618. The number of nitrogens with zero attached hydrogens (tertiary/aromatic N) is 2. The standard InChI is InChI=1S/C18H22FN3O4/c1-26-17(24)12-6-8-21(9-7-12)18(25)20-14-10-16(23)22(11-14)15-4-2-13(19)3-5-15/h2-5,12,14H,6-11H2,1H3,(H,20,25)/t14-/m0/s1. The smallest absolute Gasteiger partial charge is 0.317 e. The van der Waals surface area contributed by atoms with Gasteiger partial charge in [-0.05, 0) is 37.1 Å². The lowest BCUT2D eigenvalue weighted by Crippen LogP contribution is -2.49. The molecule has 0 saturated carbocycles. The average molecular weight is 363 g/mol. The summed E-state index contributed by atoms with van der Waals surface area (Å²) in [5.74, 6) is -0.862. The van der Waals surface area contributed by atoms with Crippen LogP contribution < -0.4 is 10.2 Å². The molecule has 2 heterocycles.